The molecule has 94 valence electrons. The maximum Gasteiger partial charge on any atom is 0.104 e. The average Bonchev–Trinajstić information content (AvgIpc) is 2.83. The normalized spacial score (nSPS) is 10.8. The van der Waals surface area contributed by atoms with E-state index in [1.54, 1.807) is 0 Å². The number of halogens is 1. The Morgan fingerprint density at radius 2 is 1.89 bits per heavy atom. The van der Waals surface area contributed by atoms with Crippen LogP contribution in [0, 0.1) is 3.57 Å². The molecule has 0 aliphatic rings. The molecule has 3 nitrogen and oxygen atoms in total. The average molecular weight is 379 g/mol. The van der Waals surface area contributed by atoms with Crippen LogP contribution in [0.5, 0.6) is 0 Å². The first-order chi connectivity index (χ1) is 9.16. The summed E-state index contributed by atoms with van der Waals surface area (Å²) in [6.07, 6.45) is 3.82. The van der Waals surface area contributed by atoms with Crippen molar-refractivity contribution >= 4 is 50.6 Å². The lowest BCUT2D eigenvalue weighted by Gasteiger charge is -2.10. The van der Waals surface area contributed by atoms with Crippen molar-refractivity contribution in [2.45, 2.75) is 0 Å². The van der Waals surface area contributed by atoms with Gasteiger partial charge in [0, 0.05) is 17.1 Å². The number of hydrogen-bond acceptors (Lipinski definition) is 2. The predicted octanol–water partition coefficient (Wildman–Crippen LogP) is 3.26. The molecule has 0 fully saturated rings. The van der Waals surface area contributed by atoms with Crippen LogP contribution in [0.25, 0.3) is 16.5 Å². The Morgan fingerprint density at radius 3 is 2.53 bits per heavy atom. The second-order valence-electron chi connectivity index (χ2n) is 4.15. The summed E-state index contributed by atoms with van der Waals surface area (Å²) in [7, 11) is 0. The van der Waals surface area contributed by atoms with E-state index in [0.29, 0.717) is 4.99 Å². The topological polar surface area (TPSA) is 43.8 Å². The summed E-state index contributed by atoms with van der Waals surface area (Å²) in [5.74, 6) is 0. The summed E-state index contributed by atoms with van der Waals surface area (Å²) in [6, 6.07) is 12.0. The lowest BCUT2D eigenvalue weighted by molar-refractivity contribution is 0.887. The van der Waals surface area contributed by atoms with Crippen LogP contribution in [0.1, 0.15) is 5.56 Å². The summed E-state index contributed by atoms with van der Waals surface area (Å²) < 4.78 is 2.97. The molecule has 0 spiro atoms. The molecule has 1 aromatic heterocycles. The van der Waals surface area contributed by atoms with Crippen molar-refractivity contribution in [1.82, 2.24) is 9.78 Å². The molecule has 3 rings (SSSR count). The smallest absolute Gasteiger partial charge is 0.104 e. The summed E-state index contributed by atoms with van der Waals surface area (Å²) in [5.41, 5.74) is 7.71. The Hall–Kier alpha value is -1.47. The van der Waals surface area contributed by atoms with Crippen LogP contribution in [0.15, 0.2) is 48.8 Å². The first kappa shape index (κ1) is 12.6. The van der Waals surface area contributed by atoms with Crippen LogP contribution in [0.4, 0.5) is 0 Å². The molecule has 0 aliphatic heterocycles. The summed E-state index contributed by atoms with van der Waals surface area (Å²) >= 11 is 7.35. The van der Waals surface area contributed by atoms with Gasteiger partial charge in [-0.25, -0.2) is 4.68 Å². The highest BCUT2D eigenvalue weighted by atomic mass is 127. The van der Waals surface area contributed by atoms with Crippen molar-refractivity contribution in [3.05, 3.63) is 57.9 Å². The van der Waals surface area contributed by atoms with Gasteiger partial charge in [0.15, 0.2) is 0 Å². The fourth-order valence-electron chi connectivity index (χ4n) is 2.13. The van der Waals surface area contributed by atoms with Crippen molar-refractivity contribution in [1.29, 1.82) is 0 Å². The highest BCUT2D eigenvalue weighted by Gasteiger charge is 2.09. The van der Waals surface area contributed by atoms with E-state index in [-0.39, 0.29) is 0 Å². The maximum atomic E-state index is 5.78. The van der Waals surface area contributed by atoms with E-state index in [9.17, 15) is 0 Å². The number of nitrogens with zero attached hydrogens (tertiary/aromatic N) is 2. The molecule has 0 radical (unpaired) electrons. The molecule has 0 bridgehead atoms. The van der Waals surface area contributed by atoms with Gasteiger partial charge in [0.1, 0.15) is 4.99 Å². The molecule has 5 heteroatoms. The molecule has 2 aromatic carbocycles. The van der Waals surface area contributed by atoms with Crippen molar-refractivity contribution in [2.24, 2.45) is 5.73 Å². The SMILES string of the molecule is NC(=S)c1ccc(-n2cc(I)cn2)c2ccccc12. The molecule has 0 unspecified atom stereocenters. The van der Waals surface area contributed by atoms with E-state index >= 15 is 0 Å². The van der Waals surface area contributed by atoms with Crippen LogP contribution in [0.3, 0.4) is 0 Å². The largest absolute Gasteiger partial charge is 0.389 e. The number of benzene rings is 2. The number of hydrogen-bond donors (Lipinski definition) is 1. The van der Waals surface area contributed by atoms with Crippen molar-refractivity contribution < 1.29 is 0 Å². The highest BCUT2D eigenvalue weighted by Crippen LogP contribution is 2.25. The van der Waals surface area contributed by atoms with Crippen LogP contribution in [-0.4, -0.2) is 14.8 Å². The van der Waals surface area contributed by atoms with E-state index in [4.69, 9.17) is 18.0 Å². The molecule has 2 N–H and O–H groups in total. The molecule has 19 heavy (non-hydrogen) atoms. The Balaban J connectivity index is 2.34. The quantitative estimate of drug-likeness (QED) is 0.549. The minimum absolute atomic E-state index is 0.415. The predicted molar refractivity (Wildman–Crippen MR) is 89.7 cm³/mol. The van der Waals surface area contributed by atoms with Gasteiger partial charge < -0.3 is 5.73 Å². The molecule has 1 heterocycles. The molecule has 0 amide bonds. The van der Waals surface area contributed by atoms with E-state index in [1.807, 2.05) is 47.4 Å². The molecule has 3 aromatic rings. The first-order valence-corrected chi connectivity index (χ1v) is 7.17. The van der Waals surface area contributed by atoms with Gasteiger partial charge in [-0.1, -0.05) is 36.5 Å². The molecule has 0 atom stereocenters. The zero-order chi connectivity index (χ0) is 13.4. The molecular formula is C14H10IN3S. The van der Waals surface area contributed by atoms with Crippen molar-refractivity contribution in [3.63, 3.8) is 0 Å². The van der Waals surface area contributed by atoms with E-state index < -0.39 is 0 Å². The third-order valence-corrected chi connectivity index (χ3v) is 3.74. The van der Waals surface area contributed by atoms with Crippen molar-refractivity contribution in [3.8, 4) is 5.69 Å². The Morgan fingerprint density at radius 1 is 1.16 bits per heavy atom. The van der Waals surface area contributed by atoms with Crippen molar-refractivity contribution in [2.75, 3.05) is 0 Å². The van der Waals surface area contributed by atoms with Crippen LogP contribution in [0.2, 0.25) is 0 Å². The number of thiocarbonyl (C=S) groups is 1. The zero-order valence-electron chi connectivity index (χ0n) is 9.88. The van der Waals surface area contributed by atoms with E-state index in [1.165, 1.54) is 0 Å². The zero-order valence-corrected chi connectivity index (χ0v) is 12.9. The van der Waals surface area contributed by atoms with Gasteiger partial charge in [-0.3, -0.25) is 0 Å². The van der Waals surface area contributed by atoms with Gasteiger partial charge in [0.25, 0.3) is 0 Å². The van der Waals surface area contributed by atoms with Crippen LogP contribution in [-0.2, 0) is 0 Å². The fraction of sp³-hybridized carbons (Fsp3) is 0. The lowest BCUT2D eigenvalue weighted by atomic mass is 10.0. The Kier molecular flexibility index (Phi) is 3.24. The van der Waals surface area contributed by atoms with Crippen LogP contribution >= 0.6 is 34.8 Å². The second-order valence-corrected chi connectivity index (χ2v) is 5.83. The van der Waals surface area contributed by atoms with Gasteiger partial charge in [0.05, 0.1) is 15.5 Å². The third kappa shape index (κ3) is 2.23. The molecule has 0 saturated carbocycles. The molecular weight excluding hydrogens is 369 g/mol. The monoisotopic (exact) mass is 379 g/mol. The molecule has 0 saturated heterocycles. The number of fused-ring (bicyclic) bond motifs is 1. The van der Waals surface area contributed by atoms with Gasteiger partial charge >= 0.3 is 0 Å². The summed E-state index contributed by atoms with van der Waals surface area (Å²) in [6.45, 7) is 0. The minimum Gasteiger partial charge on any atom is -0.389 e. The van der Waals surface area contributed by atoms with Gasteiger partial charge in [-0.15, -0.1) is 0 Å². The molecule has 0 aliphatic carbocycles. The van der Waals surface area contributed by atoms with Gasteiger partial charge in [0.2, 0.25) is 0 Å². The number of rotatable bonds is 2. The Labute approximate surface area is 129 Å². The second kappa shape index (κ2) is 4.90. The third-order valence-electron chi connectivity index (χ3n) is 2.96. The summed E-state index contributed by atoms with van der Waals surface area (Å²) in [4.78, 5) is 0.415. The fourth-order valence-corrected chi connectivity index (χ4v) is 2.70. The van der Waals surface area contributed by atoms with Gasteiger partial charge in [-0.05, 0) is 40.1 Å². The minimum atomic E-state index is 0.415. The Bertz CT molecular complexity index is 779. The number of aromatic nitrogens is 2. The lowest BCUT2D eigenvalue weighted by Crippen LogP contribution is -2.10. The van der Waals surface area contributed by atoms with Gasteiger partial charge in [-0.2, -0.15) is 5.10 Å². The van der Waals surface area contributed by atoms with Crippen LogP contribution < -0.4 is 5.73 Å². The maximum absolute atomic E-state index is 5.78. The first-order valence-electron chi connectivity index (χ1n) is 5.69. The number of nitrogens with two attached hydrogens (primary N) is 1. The standard InChI is InChI=1S/C14H10IN3S/c15-9-7-17-18(8-9)13-6-5-12(14(16)19)10-3-1-2-4-11(10)13/h1-8H,(H2,16,19). The highest BCUT2D eigenvalue weighted by molar-refractivity contribution is 14.1. The van der Waals surface area contributed by atoms with E-state index in [0.717, 1.165) is 25.6 Å². The summed E-state index contributed by atoms with van der Waals surface area (Å²) in [5, 5.41) is 6.50. The van der Waals surface area contributed by atoms with E-state index in [2.05, 4.69) is 33.8 Å².